The molecule has 1 N–H and O–H groups in total. The van der Waals surface area contributed by atoms with E-state index < -0.39 is 11.9 Å². The molecule has 0 bridgehead atoms. The highest BCUT2D eigenvalue weighted by Gasteiger charge is 2.37. The molecule has 120 valence electrons. The van der Waals surface area contributed by atoms with Crippen LogP contribution in [0.25, 0.3) is 0 Å². The molecule has 2 aromatic heterocycles. The van der Waals surface area contributed by atoms with Gasteiger partial charge in [-0.3, -0.25) is 4.68 Å². The normalized spacial score (nSPS) is 15.5. The summed E-state index contributed by atoms with van der Waals surface area (Å²) in [5.74, 6) is 1.36. The van der Waals surface area contributed by atoms with Crippen molar-refractivity contribution in [1.29, 1.82) is 0 Å². The Morgan fingerprint density at radius 1 is 1.32 bits per heavy atom. The van der Waals surface area contributed by atoms with Gasteiger partial charge in [-0.05, 0) is 26.2 Å². The molecule has 2 aromatic rings. The van der Waals surface area contributed by atoms with E-state index in [2.05, 4.69) is 15.3 Å². The summed E-state index contributed by atoms with van der Waals surface area (Å²) >= 11 is 0. The van der Waals surface area contributed by atoms with E-state index in [0.717, 1.165) is 18.7 Å². The maximum atomic E-state index is 13.0. The monoisotopic (exact) mass is 315 g/mol. The van der Waals surface area contributed by atoms with Gasteiger partial charge in [0, 0.05) is 24.4 Å². The van der Waals surface area contributed by atoms with Crippen molar-refractivity contribution >= 4 is 0 Å². The zero-order valence-electron chi connectivity index (χ0n) is 12.0. The molecule has 0 radical (unpaired) electrons. The molecule has 1 saturated carbocycles. The Hall–Kier alpha value is -1.90. The molecule has 0 aromatic carbocycles. The highest BCUT2D eigenvalue weighted by molar-refractivity contribution is 5.20. The predicted octanol–water partition coefficient (Wildman–Crippen LogP) is 1.72. The number of alkyl halides is 3. The first-order valence-electron chi connectivity index (χ1n) is 7.05. The number of aromatic nitrogens is 5. The van der Waals surface area contributed by atoms with Gasteiger partial charge in [0.25, 0.3) is 0 Å². The molecule has 22 heavy (non-hydrogen) atoms. The van der Waals surface area contributed by atoms with Crippen LogP contribution < -0.4 is 0 Å². The van der Waals surface area contributed by atoms with Crippen LogP contribution in [0.1, 0.15) is 41.8 Å². The molecule has 1 aliphatic rings. The third kappa shape index (κ3) is 2.85. The van der Waals surface area contributed by atoms with Crippen LogP contribution in [0.4, 0.5) is 13.2 Å². The molecular formula is C13H16F3N5O. The quantitative estimate of drug-likeness (QED) is 0.912. The second-order valence-electron chi connectivity index (χ2n) is 5.44. The SMILES string of the molecule is Cc1nnc(Cn2cc(CCO)c(C(F)(F)F)n2)n1C1CC1. The number of rotatable bonds is 5. The van der Waals surface area contributed by atoms with Gasteiger partial charge in [0.15, 0.2) is 11.5 Å². The average molecular weight is 315 g/mol. The molecule has 0 amide bonds. The topological polar surface area (TPSA) is 68.8 Å². The lowest BCUT2D eigenvalue weighted by Gasteiger charge is -2.07. The second-order valence-corrected chi connectivity index (χ2v) is 5.44. The highest BCUT2D eigenvalue weighted by Crippen LogP contribution is 2.36. The highest BCUT2D eigenvalue weighted by atomic mass is 19.4. The number of halogens is 3. The molecule has 0 saturated heterocycles. The van der Waals surface area contributed by atoms with Crippen LogP contribution in [0.3, 0.4) is 0 Å². The van der Waals surface area contributed by atoms with Crippen molar-refractivity contribution in [2.24, 2.45) is 0 Å². The first kappa shape index (κ1) is 15.0. The number of nitrogens with zero attached hydrogens (tertiary/aromatic N) is 5. The molecule has 9 heteroatoms. The van der Waals surface area contributed by atoms with Crippen LogP contribution in [0.2, 0.25) is 0 Å². The van der Waals surface area contributed by atoms with Crippen molar-refractivity contribution < 1.29 is 18.3 Å². The Labute approximate surface area is 124 Å². The van der Waals surface area contributed by atoms with Crippen LogP contribution in [-0.4, -0.2) is 36.3 Å². The molecule has 6 nitrogen and oxygen atoms in total. The Morgan fingerprint density at radius 3 is 2.64 bits per heavy atom. The minimum Gasteiger partial charge on any atom is -0.396 e. The number of hydrogen-bond donors (Lipinski definition) is 1. The van der Waals surface area contributed by atoms with E-state index in [4.69, 9.17) is 5.11 Å². The summed E-state index contributed by atoms with van der Waals surface area (Å²) in [4.78, 5) is 0. The number of aliphatic hydroxyl groups excluding tert-OH is 1. The van der Waals surface area contributed by atoms with Crippen LogP contribution >= 0.6 is 0 Å². The summed E-state index contributed by atoms with van der Waals surface area (Å²) in [6, 6.07) is 0.347. The van der Waals surface area contributed by atoms with Crippen molar-refractivity contribution in [3.8, 4) is 0 Å². The number of hydrogen-bond acceptors (Lipinski definition) is 4. The first-order valence-corrected chi connectivity index (χ1v) is 7.05. The van der Waals surface area contributed by atoms with E-state index in [-0.39, 0.29) is 25.1 Å². The fourth-order valence-corrected chi connectivity index (χ4v) is 2.56. The zero-order chi connectivity index (χ0) is 15.9. The van der Waals surface area contributed by atoms with Crippen LogP contribution in [0.5, 0.6) is 0 Å². The Kier molecular flexibility index (Phi) is 3.67. The zero-order valence-corrected chi connectivity index (χ0v) is 12.0. The molecule has 0 unspecified atom stereocenters. The molecule has 1 fully saturated rings. The maximum Gasteiger partial charge on any atom is 0.435 e. The van der Waals surface area contributed by atoms with E-state index in [1.165, 1.54) is 10.9 Å². The van der Waals surface area contributed by atoms with Gasteiger partial charge in [-0.25, -0.2) is 0 Å². The molecule has 1 aliphatic carbocycles. The molecule has 0 spiro atoms. The predicted molar refractivity (Wildman–Crippen MR) is 70.2 cm³/mol. The third-order valence-electron chi connectivity index (χ3n) is 3.64. The molecule has 2 heterocycles. The van der Waals surface area contributed by atoms with E-state index >= 15 is 0 Å². The van der Waals surface area contributed by atoms with Crippen molar-refractivity contribution in [3.63, 3.8) is 0 Å². The van der Waals surface area contributed by atoms with Crippen molar-refractivity contribution in [2.45, 2.75) is 44.9 Å². The fourth-order valence-electron chi connectivity index (χ4n) is 2.56. The van der Waals surface area contributed by atoms with Crippen molar-refractivity contribution in [3.05, 3.63) is 29.1 Å². The minimum absolute atomic E-state index is 0.00999. The van der Waals surface area contributed by atoms with Crippen molar-refractivity contribution in [2.75, 3.05) is 6.61 Å². The van der Waals surface area contributed by atoms with Gasteiger partial charge in [0.2, 0.25) is 0 Å². The van der Waals surface area contributed by atoms with Gasteiger partial charge in [0.1, 0.15) is 12.4 Å². The summed E-state index contributed by atoms with van der Waals surface area (Å²) in [7, 11) is 0. The average Bonchev–Trinajstić information content (AvgIpc) is 3.07. The third-order valence-corrected chi connectivity index (χ3v) is 3.64. The molecular weight excluding hydrogens is 299 g/mol. The van der Waals surface area contributed by atoms with E-state index in [1.807, 2.05) is 11.5 Å². The van der Waals surface area contributed by atoms with Gasteiger partial charge in [-0.1, -0.05) is 0 Å². The molecule has 0 atom stereocenters. The standard InChI is InChI=1S/C13H16F3N5O/c1-8-17-18-11(21(8)10-2-3-10)7-20-6-9(4-5-22)12(19-20)13(14,15)16/h6,10,22H,2-5,7H2,1H3. The lowest BCUT2D eigenvalue weighted by molar-refractivity contribution is -0.142. The second kappa shape index (κ2) is 5.38. The van der Waals surface area contributed by atoms with Gasteiger partial charge in [-0.2, -0.15) is 18.3 Å². The molecule has 3 rings (SSSR count). The van der Waals surface area contributed by atoms with Gasteiger partial charge in [0.05, 0.1) is 0 Å². The Bertz CT molecular complexity index is 672. The van der Waals surface area contributed by atoms with Gasteiger partial charge in [-0.15, -0.1) is 10.2 Å². The van der Waals surface area contributed by atoms with Gasteiger partial charge < -0.3 is 9.67 Å². The van der Waals surface area contributed by atoms with E-state index in [0.29, 0.717) is 11.9 Å². The van der Waals surface area contributed by atoms with E-state index in [9.17, 15) is 13.2 Å². The summed E-state index contributed by atoms with van der Waals surface area (Å²) in [5, 5.41) is 20.6. The van der Waals surface area contributed by atoms with Crippen molar-refractivity contribution in [1.82, 2.24) is 24.5 Å². The van der Waals surface area contributed by atoms with E-state index in [1.54, 1.807) is 0 Å². The summed E-state index contributed by atoms with van der Waals surface area (Å²) in [6.45, 7) is 1.61. The largest absolute Gasteiger partial charge is 0.435 e. The lowest BCUT2D eigenvalue weighted by Crippen LogP contribution is -2.12. The Morgan fingerprint density at radius 2 is 2.05 bits per heavy atom. The van der Waals surface area contributed by atoms with Crippen LogP contribution in [0, 0.1) is 6.92 Å². The summed E-state index contributed by atoms with van der Waals surface area (Å²) < 4.78 is 42.0. The number of aryl methyl sites for hydroxylation is 1. The summed E-state index contributed by atoms with van der Waals surface area (Å²) in [6.07, 6.45) is -1.22. The lowest BCUT2D eigenvalue weighted by atomic mass is 10.2. The number of aliphatic hydroxyl groups is 1. The fraction of sp³-hybridized carbons (Fsp3) is 0.615. The molecule has 0 aliphatic heterocycles. The summed E-state index contributed by atoms with van der Waals surface area (Å²) in [5.41, 5.74) is -0.958. The maximum absolute atomic E-state index is 13.0. The van der Waals surface area contributed by atoms with Crippen LogP contribution in [0.15, 0.2) is 6.20 Å². The first-order chi connectivity index (χ1) is 10.4. The Balaban J connectivity index is 1.89. The van der Waals surface area contributed by atoms with Gasteiger partial charge >= 0.3 is 6.18 Å². The smallest absolute Gasteiger partial charge is 0.396 e. The minimum atomic E-state index is -4.53. The van der Waals surface area contributed by atoms with Crippen LogP contribution in [-0.2, 0) is 19.1 Å².